The molecular formula is C24H54Ge2O2. The van der Waals surface area contributed by atoms with E-state index >= 15 is 0 Å². The van der Waals surface area contributed by atoms with Crippen LogP contribution in [-0.2, 0) is 0 Å². The standard InChI is InChI=1S/2C9H21Ge.C6H12O2/c2*1-7(2)10(8(3)4)9(5)6;7-4-6(5-8)2-1-3-6/h2*7-9H,1-6H3;7-8H,1-5H2. The third-order valence-electron chi connectivity index (χ3n) is 6.09. The number of aliphatic hydroxyl groups is 2. The molecule has 0 atom stereocenters. The molecule has 2 N–H and O–H groups in total. The van der Waals surface area contributed by atoms with E-state index in [4.69, 9.17) is 10.2 Å². The largest absolute Gasteiger partial charge is 0.396 e. The van der Waals surface area contributed by atoms with Gasteiger partial charge < -0.3 is 10.2 Å². The summed E-state index contributed by atoms with van der Waals surface area (Å²) in [6.07, 6.45) is 3.17. The number of aliphatic hydroxyl groups excluding tert-OH is 2. The quantitative estimate of drug-likeness (QED) is 0.325. The second-order valence-electron chi connectivity index (χ2n) is 10.6. The smallest absolute Gasteiger partial charge is 0.0509 e. The first kappa shape index (κ1) is 31.2. The van der Waals surface area contributed by atoms with E-state index in [1.54, 1.807) is 0 Å². The molecule has 0 amide bonds. The van der Waals surface area contributed by atoms with Gasteiger partial charge in [0.25, 0.3) is 0 Å². The van der Waals surface area contributed by atoms with Crippen molar-refractivity contribution in [2.24, 2.45) is 5.41 Å². The fourth-order valence-corrected chi connectivity index (χ4v) is 21.8. The molecule has 0 unspecified atom stereocenters. The van der Waals surface area contributed by atoms with Gasteiger partial charge in [0.1, 0.15) is 0 Å². The van der Waals surface area contributed by atoms with Gasteiger partial charge in [-0.05, 0) is 12.8 Å². The summed E-state index contributed by atoms with van der Waals surface area (Å²) in [6.45, 7) is 29.1. The summed E-state index contributed by atoms with van der Waals surface area (Å²) < 4.78 is 6.00. The van der Waals surface area contributed by atoms with E-state index < -0.39 is 28.7 Å². The average molecular weight is 520 g/mol. The van der Waals surface area contributed by atoms with Crippen molar-refractivity contribution in [1.29, 1.82) is 0 Å². The van der Waals surface area contributed by atoms with Crippen LogP contribution in [0, 0.1) is 5.41 Å². The van der Waals surface area contributed by atoms with Gasteiger partial charge in [0, 0.05) is 5.41 Å². The third-order valence-corrected chi connectivity index (χ3v) is 22.9. The molecule has 0 saturated heterocycles. The first-order valence-electron chi connectivity index (χ1n) is 11.7. The molecule has 2 radical (unpaired) electrons. The van der Waals surface area contributed by atoms with E-state index in [-0.39, 0.29) is 18.6 Å². The van der Waals surface area contributed by atoms with Crippen LogP contribution in [0.1, 0.15) is 102 Å². The van der Waals surface area contributed by atoms with Gasteiger partial charge in [-0.1, -0.05) is 6.42 Å². The van der Waals surface area contributed by atoms with Crippen LogP contribution in [0.5, 0.6) is 0 Å². The Morgan fingerprint density at radius 1 is 0.536 bits per heavy atom. The predicted molar refractivity (Wildman–Crippen MR) is 133 cm³/mol. The molecule has 0 aromatic heterocycles. The van der Waals surface area contributed by atoms with Crippen molar-refractivity contribution in [2.75, 3.05) is 13.2 Å². The predicted octanol–water partition coefficient (Wildman–Crippen LogP) is 7.56. The molecule has 0 aromatic carbocycles. The molecule has 170 valence electrons. The zero-order chi connectivity index (χ0) is 22.7. The van der Waals surface area contributed by atoms with E-state index in [1.165, 1.54) is 6.42 Å². The maximum absolute atomic E-state index is 8.68. The molecule has 0 spiro atoms. The van der Waals surface area contributed by atoms with Crippen molar-refractivity contribution in [3.8, 4) is 0 Å². The van der Waals surface area contributed by atoms with E-state index in [9.17, 15) is 0 Å². The Kier molecular flexibility index (Phi) is 17.6. The van der Waals surface area contributed by atoms with Crippen molar-refractivity contribution in [2.45, 2.75) is 131 Å². The van der Waals surface area contributed by atoms with Gasteiger partial charge in [0.05, 0.1) is 13.2 Å². The van der Waals surface area contributed by atoms with Gasteiger partial charge in [-0.15, -0.1) is 0 Å². The summed E-state index contributed by atoms with van der Waals surface area (Å²) in [5.74, 6) is 0. The van der Waals surface area contributed by atoms with Gasteiger partial charge in [0.2, 0.25) is 0 Å². The van der Waals surface area contributed by atoms with Gasteiger partial charge in [-0.25, -0.2) is 0 Å². The van der Waals surface area contributed by atoms with E-state index in [0.29, 0.717) is 0 Å². The molecule has 1 saturated carbocycles. The van der Waals surface area contributed by atoms with Gasteiger partial charge in [-0.3, -0.25) is 0 Å². The van der Waals surface area contributed by atoms with Crippen molar-refractivity contribution in [3.63, 3.8) is 0 Å². The Balaban J connectivity index is 0. The van der Waals surface area contributed by atoms with Crippen LogP contribution in [0.25, 0.3) is 0 Å². The van der Waals surface area contributed by atoms with E-state index in [2.05, 4.69) is 83.1 Å². The monoisotopic (exact) mass is 522 g/mol. The summed E-state index contributed by atoms with van der Waals surface area (Å²) in [4.78, 5) is 0. The fraction of sp³-hybridized carbons (Fsp3) is 1.00. The van der Waals surface area contributed by atoms with Crippen LogP contribution < -0.4 is 0 Å². The Labute approximate surface area is 187 Å². The molecule has 1 rings (SSSR count). The van der Waals surface area contributed by atoms with E-state index in [1.807, 2.05) is 0 Å². The molecule has 28 heavy (non-hydrogen) atoms. The molecule has 1 aliphatic rings. The molecule has 4 heteroatoms. The maximum Gasteiger partial charge on any atom is 0.0509 e. The summed E-state index contributed by atoms with van der Waals surface area (Å²) >= 11 is -1.44. The normalized spacial score (nSPS) is 16.1. The molecule has 1 fully saturated rings. The van der Waals surface area contributed by atoms with Crippen LogP contribution in [0.4, 0.5) is 0 Å². The molecule has 0 bridgehead atoms. The zero-order valence-corrected chi connectivity index (χ0v) is 25.6. The molecule has 0 aliphatic heterocycles. The first-order valence-corrected chi connectivity index (χ1v) is 19.0. The molecule has 0 aromatic rings. The van der Waals surface area contributed by atoms with Crippen molar-refractivity contribution in [3.05, 3.63) is 0 Å². The Hall–Kier alpha value is 1.01. The average Bonchev–Trinajstić information content (AvgIpc) is 2.45. The number of hydrogen-bond donors (Lipinski definition) is 2. The second kappa shape index (κ2) is 15.8. The Bertz CT molecular complexity index is 286. The molecule has 0 heterocycles. The van der Waals surface area contributed by atoms with Gasteiger partial charge in [-0.2, -0.15) is 0 Å². The van der Waals surface area contributed by atoms with Crippen LogP contribution in [0.15, 0.2) is 0 Å². The molecular weight excluding hydrogens is 465 g/mol. The number of rotatable bonds is 8. The minimum absolute atomic E-state index is 0.0833. The summed E-state index contributed by atoms with van der Waals surface area (Å²) in [5, 5.41) is 17.4. The SMILES string of the molecule is C[CH](C)[Ge]([CH](C)C)[CH](C)C.C[CH](C)[Ge]([CH](C)C)[CH](C)C.OCC1(CO)CCC1. The van der Waals surface area contributed by atoms with E-state index in [0.717, 1.165) is 41.3 Å². The van der Waals surface area contributed by atoms with Crippen LogP contribution in [0.3, 0.4) is 0 Å². The van der Waals surface area contributed by atoms with Gasteiger partial charge in [0.15, 0.2) is 0 Å². The first-order chi connectivity index (χ1) is 12.8. The van der Waals surface area contributed by atoms with Crippen molar-refractivity contribution in [1.82, 2.24) is 0 Å². The van der Waals surface area contributed by atoms with Crippen molar-refractivity contribution >= 4 is 28.7 Å². The third kappa shape index (κ3) is 12.0. The molecule has 1 aliphatic carbocycles. The Morgan fingerprint density at radius 2 is 0.750 bits per heavy atom. The Morgan fingerprint density at radius 3 is 0.750 bits per heavy atom. The molecule has 2 nitrogen and oxygen atoms in total. The minimum atomic E-state index is -0.722. The van der Waals surface area contributed by atoms with Crippen LogP contribution in [0.2, 0.25) is 28.5 Å². The summed E-state index contributed by atoms with van der Waals surface area (Å²) in [7, 11) is 0. The fourth-order valence-electron chi connectivity index (χ4n) is 5.04. The minimum Gasteiger partial charge on any atom is -0.396 e. The van der Waals surface area contributed by atoms with Crippen molar-refractivity contribution < 1.29 is 10.2 Å². The number of hydrogen-bond acceptors (Lipinski definition) is 2. The van der Waals surface area contributed by atoms with Crippen LogP contribution in [-0.4, -0.2) is 52.1 Å². The van der Waals surface area contributed by atoms with Gasteiger partial charge >= 0.3 is 140 Å². The van der Waals surface area contributed by atoms with Crippen LogP contribution >= 0.6 is 0 Å². The summed E-state index contributed by atoms with van der Waals surface area (Å²) in [5.41, 5.74) is -0.0833. The maximum atomic E-state index is 8.68. The second-order valence-corrected chi connectivity index (χ2v) is 29.3. The summed E-state index contributed by atoms with van der Waals surface area (Å²) in [6, 6.07) is 0. The zero-order valence-electron chi connectivity index (χ0n) is 21.4. The topological polar surface area (TPSA) is 40.5 Å².